The largest absolute Gasteiger partial charge is 0.352 e. The second-order valence-corrected chi connectivity index (χ2v) is 4.65. The molecule has 0 amide bonds. The van der Waals surface area contributed by atoms with Crippen LogP contribution < -0.4 is 5.32 Å². The molecular weight excluding hydrogens is 222 g/mol. The van der Waals surface area contributed by atoms with E-state index in [4.69, 9.17) is 0 Å². The van der Waals surface area contributed by atoms with Gasteiger partial charge in [-0.3, -0.25) is 0 Å². The monoisotopic (exact) mass is 239 g/mol. The van der Waals surface area contributed by atoms with Gasteiger partial charge in [0.2, 0.25) is 5.95 Å². The summed E-state index contributed by atoms with van der Waals surface area (Å²) in [5, 5.41) is 3.27. The van der Waals surface area contributed by atoms with Gasteiger partial charge in [-0.25, -0.2) is 4.98 Å². The maximum atomic E-state index is 4.35. The zero-order valence-corrected chi connectivity index (χ0v) is 10.3. The molecule has 1 aliphatic rings. The van der Waals surface area contributed by atoms with Crippen molar-refractivity contribution in [3.8, 4) is 0 Å². The van der Waals surface area contributed by atoms with E-state index in [0.717, 1.165) is 12.5 Å². The van der Waals surface area contributed by atoms with Crippen LogP contribution in [0.1, 0.15) is 23.9 Å². The van der Waals surface area contributed by atoms with Crippen LogP contribution in [0.4, 0.5) is 5.95 Å². The van der Waals surface area contributed by atoms with E-state index in [2.05, 4.69) is 58.0 Å². The summed E-state index contributed by atoms with van der Waals surface area (Å²) in [6, 6.07) is 11.2. The summed E-state index contributed by atoms with van der Waals surface area (Å²) in [7, 11) is 0. The van der Waals surface area contributed by atoms with Crippen molar-refractivity contribution in [2.24, 2.45) is 0 Å². The summed E-state index contributed by atoms with van der Waals surface area (Å²) < 4.78 is 2.24. The van der Waals surface area contributed by atoms with Gasteiger partial charge in [0.1, 0.15) is 0 Å². The van der Waals surface area contributed by atoms with Crippen molar-refractivity contribution >= 4 is 5.95 Å². The highest BCUT2D eigenvalue weighted by Crippen LogP contribution is 2.52. The maximum absolute atomic E-state index is 4.35. The second kappa shape index (κ2) is 4.69. The average molecular weight is 239 g/mol. The van der Waals surface area contributed by atoms with E-state index >= 15 is 0 Å². The highest BCUT2D eigenvalue weighted by molar-refractivity contribution is 5.33. The Morgan fingerprint density at radius 2 is 2.22 bits per heavy atom. The number of hydrogen-bond donors (Lipinski definition) is 1. The molecule has 0 bridgehead atoms. The third-order valence-electron chi connectivity index (χ3n) is 3.41. The van der Waals surface area contributed by atoms with E-state index in [1.165, 1.54) is 12.0 Å². The number of anilines is 1. The molecule has 3 nitrogen and oxygen atoms in total. The molecule has 18 heavy (non-hydrogen) atoms. The molecule has 0 radical (unpaired) electrons. The minimum Gasteiger partial charge on any atom is -0.352 e. The van der Waals surface area contributed by atoms with Gasteiger partial charge in [-0.2, -0.15) is 0 Å². The van der Waals surface area contributed by atoms with Gasteiger partial charge in [-0.05, 0) is 12.0 Å². The molecule has 0 saturated heterocycles. The Morgan fingerprint density at radius 1 is 1.39 bits per heavy atom. The number of hydrogen-bond acceptors (Lipinski definition) is 2. The summed E-state index contributed by atoms with van der Waals surface area (Å²) in [4.78, 5) is 4.35. The lowest BCUT2D eigenvalue weighted by molar-refractivity contribution is 0.722. The van der Waals surface area contributed by atoms with Crippen LogP contribution in [0.25, 0.3) is 0 Å². The molecule has 1 aliphatic carbocycles. The van der Waals surface area contributed by atoms with Gasteiger partial charge in [0.25, 0.3) is 0 Å². The highest BCUT2D eigenvalue weighted by atomic mass is 15.2. The fraction of sp³-hybridized carbons (Fsp3) is 0.267. The van der Waals surface area contributed by atoms with Crippen molar-refractivity contribution in [2.45, 2.75) is 18.4 Å². The Kier molecular flexibility index (Phi) is 2.89. The predicted octanol–water partition coefficient (Wildman–Crippen LogP) is 3.21. The van der Waals surface area contributed by atoms with Gasteiger partial charge in [0, 0.05) is 30.9 Å². The molecule has 3 rings (SSSR count). The number of rotatable bonds is 5. The van der Waals surface area contributed by atoms with E-state index in [0.29, 0.717) is 12.0 Å². The van der Waals surface area contributed by atoms with Crippen LogP contribution >= 0.6 is 0 Å². The Bertz CT molecular complexity index is 530. The van der Waals surface area contributed by atoms with Crippen LogP contribution in [-0.2, 0) is 0 Å². The molecule has 0 aliphatic heterocycles. The molecule has 3 heteroatoms. The maximum Gasteiger partial charge on any atom is 0.203 e. The van der Waals surface area contributed by atoms with Gasteiger partial charge in [0.15, 0.2) is 0 Å². The SMILES string of the molecule is C=CCNc1nccn1C1CC1c1ccccc1. The number of benzene rings is 1. The number of aromatic nitrogens is 2. The molecular formula is C15H17N3. The smallest absolute Gasteiger partial charge is 0.203 e. The van der Waals surface area contributed by atoms with Gasteiger partial charge in [-0.1, -0.05) is 36.4 Å². The van der Waals surface area contributed by atoms with Crippen molar-refractivity contribution in [2.75, 3.05) is 11.9 Å². The van der Waals surface area contributed by atoms with Gasteiger partial charge >= 0.3 is 0 Å². The van der Waals surface area contributed by atoms with E-state index in [9.17, 15) is 0 Å². The third-order valence-corrected chi connectivity index (χ3v) is 3.41. The normalized spacial score (nSPS) is 21.6. The molecule has 1 saturated carbocycles. The van der Waals surface area contributed by atoms with Gasteiger partial charge < -0.3 is 9.88 Å². The first-order valence-electron chi connectivity index (χ1n) is 6.32. The fourth-order valence-corrected chi connectivity index (χ4v) is 2.43. The summed E-state index contributed by atoms with van der Waals surface area (Å²) in [6.45, 7) is 4.46. The zero-order valence-electron chi connectivity index (χ0n) is 10.3. The van der Waals surface area contributed by atoms with Crippen molar-refractivity contribution < 1.29 is 0 Å². The number of nitrogens with zero attached hydrogens (tertiary/aromatic N) is 2. The zero-order chi connectivity index (χ0) is 12.4. The van der Waals surface area contributed by atoms with Crippen LogP contribution in [-0.4, -0.2) is 16.1 Å². The Balaban J connectivity index is 1.74. The number of nitrogens with one attached hydrogen (secondary N) is 1. The lowest BCUT2D eigenvalue weighted by Gasteiger charge is -2.08. The molecule has 1 fully saturated rings. The Hall–Kier alpha value is -2.03. The van der Waals surface area contributed by atoms with Crippen molar-refractivity contribution in [3.05, 3.63) is 60.9 Å². The summed E-state index contributed by atoms with van der Waals surface area (Å²) in [6.07, 6.45) is 6.95. The van der Waals surface area contributed by atoms with Crippen LogP contribution in [0.5, 0.6) is 0 Å². The first-order valence-corrected chi connectivity index (χ1v) is 6.32. The summed E-state index contributed by atoms with van der Waals surface area (Å²) >= 11 is 0. The predicted molar refractivity (Wildman–Crippen MR) is 73.8 cm³/mol. The molecule has 92 valence electrons. The van der Waals surface area contributed by atoms with Gasteiger partial charge in [-0.15, -0.1) is 6.58 Å². The van der Waals surface area contributed by atoms with Crippen LogP contribution in [0, 0.1) is 0 Å². The van der Waals surface area contributed by atoms with Crippen LogP contribution in [0.15, 0.2) is 55.4 Å². The summed E-state index contributed by atoms with van der Waals surface area (Å²) in [5.41, 5.74) is 1.42. The van der Waals surface area contributed by atoms with E-state index in [1.807, 2.05) is 12.3 Å². The fourth-order valence-electron chi connectivity index (χ4n) is 2.43. The third kappa shape index (κ3) is 2.04. The Labute approximate surface area is 107 Å². The molecule has 0 spiro atoms. The van der Waals surface area contributed by atoms with Gasteiger partial charge in [0.05, 0.1) is 0 Å². The van der Waals surface area contributed by atoms with E-state index in [-0.39, 0.29) is 0 Å². The minimum absolute atomic E-state index is 0.544. The standard InChI is InChI=1S/C15H17N3/c1-2-8-16-15-17-9-10-18(15)14-11-13(14)12-6-4-3-5-7-12/h2-7,9-10,13-14H,1,8,11H2,(H,16,17). The quantitative estimate of drug-likeness (QED) is 0.812. The van der Waals surface area contributed by atoms with Crippen LogP contribution in [0.3, 0.4) is 0 Å². The molecule has 1 N–H and O–H groups in total. The van der Waals surface area contributed by atoms with E-state index < -0.39 is 0 Å². The molecule has 1 heterocycles. The highest BCUT2D eigenvalue weighted by Gasteiger charge is 2.40. The first-order chi connectivity index (χ1) is 8.90. The molecule has 2 atom stereocenters. The molecule has 1 aromatic heterocycles. The molecule has 2 unspecified atom stereocenters. The first kappa shape index (κ1) is 11.1. The average Bonchev–Trinajstić information content (AvgIpc) is 3.08. The van der Waals surface area contributed by atoms with E-state index in [1.54, 1.807) is 0 Å². The van der Waals surface area contributed by atoms with Crippen molar-refractivity contribution in [1.29, 1.82) is 0 Å². The lowest BCUT2D eigenvalue weighted by atomic mass is 10.1. The van der Waals surface area contributed by atoms with Crippen molar-refractivity contribution in [1.82, 2.24) is 9.55 Å². The Morgan fingerprint density at radius 3 is 3.00 bits per heavy atom. The molecule has 2 aromatic rings. The van der Waals surface area contributed by atoms with Crippen molar-refractivity contribution in [3.63, 3.8) is 0 Å². The molecule has 1 aromatic carbocycles. The summed E-state index contributed by atoms with van der Waals surface area (Å²) in [5.74, 6) is 1.57. The minimum atomic E-state index is 0.544. The topological polar surface area (TPSA) is 29.9 Å². The lowest BCUT2D eigenvalue weighted by Crippen LogP contribution is -2.06. The number of imidazole rings is 1. The van der Waals surface area contributed by atoms with Crippen LogP contribution in [0.2, 0.25) is 0 Å². The second-order valence-electron chi connectivity index (χ2n) is 4.65.